The van der Waals surface area contributed by atoms with Crippen LogP contribution in [0.15, 0.2) is 40.8 Å². The molecule has 0 N–H and O–H groups in total. The van der Waals surface area contributed by atoms with Gasteiger partial charge in [0.2, 0.25) is 5.89 Å². The van der Waals surface area contributed by atoms with Crippen molar-refractivity contribution < 1.29 is 8.81 Å². The summed E-state index contributed by atoms with van der Waals surface area (Å²) < 4.78 is 18.7. The highest BCUT2D eigenvalue weighted by Gasteiger charge is 2.11. The molecule has 0 saturated heterocycles. The lowest BCUT2D eigenvalue weighted by Gasteiger charge is -1.95. The second-order valence-electron chi connectivity index (χ2n) is 4.40. The molecule has 0 aliphatic rings. The predicted octanol–water partition coefficient (Wildman–Crippen LogP) is 4.25. The molecule has 0 aliphatic heterocycles. The van der Waals surface area contributed by atoms with Gasteiger partial charge in [-0.25, -0.2) is 9.37 Å². The van der Waals surface area contributed by atoms with Gasteiger partial charge in [0.05, 0.1) is 0 Å². The molecule has 0 radical (unpaired) electrons. The zero-order chi connectivity index (χ0) is 12.7. The number of aromatic nitrogens is 1. The van der Waals surface area contributed by atoms with Crippen LogP contribution in [0.5, 0.6) is 0 Å². The maximum atomic E-state index is 12.9. The van der Waals surface area contributed by atoms with E-state index < -0.39 is 0 Å². The summed E-state index contributed by atoms with van der Waals surface area (Å²) in [5.41, 5.74) is 4.58. The SMILES string of the molecule is Cc1ccc(C)c2oc(-c3ccc(F)cc3)nc12. The minimum absolute atomic E-state index is 0.262. The first-order valence-electron chi connectivity index (χ1n) is 5.78. The Morgan fingerprint density at radius 1 is 0.944 bits per heavy atom. The molecule has 18 heavy (non-hydrogen) atoms. The van der Waals surface area contributed by atoms with E-state index in [0.29, 0.717) is 5.89 Å². The Balaban J connectivity index is 2.22. The van der Waals surface area contributed by atoms with Crippen LogP contribution in [-0.2, 0) is 0 Å². The van der Waals surface area contributed by atoms with Gasteiger partial charge in [-0.05, 0) is 49.2 Å². The molecule has 1 heterocycles. The highest BCUT2D eigenvalue weighted by Crippen LogP contribution is 2.28. The largest absolute Gasteiger partial charge is 0.436 e. The lowest BCUT2D eigenvalue weighted by atomic mass is 10.1. The van der Waals surface area contributed by atoms with Gasteiger partial charge in [0.25, 0.3) is 0 Å². The summed E-state index contributed by atoms with van der Waals surface area (Å²) in [5.74, 6) is 0.268. The average Bonchev–Trinajstić information content (AvgIpc) is 2.81. The summed E-state index contributed by atoms with van der Waals surface area (Å²) in [6.45, 7) is 3.99. The van der Waals surface area contributed by atoms with E-state index in [1.54, 1.807) is 12.1 Å². The molecule has 0 fully saturated rings. The third kappa shape index (κ3) is 1.68. The molecule has 0 saturated carbocycles. The van der Waals surface area contributed by atoms with Crippen molar-refractivity contribution in [2.45, 2.75) is 13.8 Å². The molecule has 90 valence electrons. The smallest absolute Gasteiger partial charge is 0.227 e. The molecule has 0 bridgehead atoms. The van der Waals surface area contributed by atoms with Crippen LogP contribution in [0.3, 0.4) is 0 Å². The van der Waals surface area contributed by atoms with E-state index in [9.17, 15) is 4.39 Å². The van der Waals surface area contributed by atoms with E-state index in [0.717, 1.165) is 27.8 Å². The Hall–Kier alpha value is -2.16. The molecule has 0 amide bonds. The molecular weight excluding hydrogens is 229 g/mol. The highest BCUT2D eigenvalue weighted by atomic mass is 19.1. The number of aryl methyl sites for hydroxylation is 2. The summed E-state index contributed by atoms with van der Waals surface area (Å²) in [6.07, 6.45) is 0. The summed E-state index contributed by atoms with van der Waals surface area (Å²) in [7, 11) is 0. The Labute approximate surface area is 104 Å². The van der Waals surface area contributed by atoms with Crippen LogP contribution in [-0.4, -0.2) is 4.98 Å². The van der Waals surface area contributed by atoms with Crippen molar-refractivity contribution in [3.05, 3.63) is 53.3 Å². The van der Waals surface area contributed by atoms with Crippen LogP contribution >= 0.6 is 0 Å². The van der Waals surface area contributed by atoms with Gasteiger partial charge >= 0.3 is 0 Å². The van der Waals surface area contributed by atoms with Crippen molar-refractivity contribution in [3.8, 4) is 11.5 Å². The van der Waals surface area contributed by atoms with Crippen LogP contribution in [0.1, 0.15) is 11.1 Å². The van der Waals surface area contributed by atoms with E-state index in [1.807, 2.05) is 26.0 Å². The highest BCUT2D eigenvalue weighted by molar-refractivity contribution is 5.82. The van der Waals surface area contributed by atoms with Gasteiger partial charge in [-0.1, -0.05) is 12.1 Å². The average molecular weight is 241 g/mol. The number of hydrogen-bond acceptors (Lipinski definition) is 2. The van der Waals surface area contributed by atoms with Crippen LogP contribution in [0.2, 0.25) is 0 Å². The third-order valence-electron chi connectivity index (χ3n) is 3.03. The fourth-order valence-electron chi connectivity index (χ4n) is 1.98. The van der Waals surface area contributed by atoms with Crippen molar-refractivity contribution in [2.75, 3.05) is 0 Å². The first-order valence-corrected chi connectivity index (χ1v) is 5.78. The standard InChI is InChI=1S/C15H12FNO/c1-9-3-4-10(2)14-13(9)17-15(18-14)11-5-7-12(16)8-6-11/h3-8H,1-2H3. The maximum Gasteiger partial charge on any atom is 0.227 e. The first kappa shape index (κ1) is 11.0. The Morgan fingerprint density at radius 2 is 1.61 bits per heavy atom. The minimum atomic E-state index is -0.262. The second kappa shape index (κ2) is 3.95. The Morgan fingerprint density at radius 3 is 2.28 bits per heavy atom. The minimum Gasteiger partial charge on any atom is -0.436 e. The second-order valence-corrected chi connectivity index (χ2v) is 4.40. The van der Waals surface area contributed by atoms with Crippen molar-refractivity contribution in [1.82, 2.24) is 4.98 Å². The Bertz CT molecular complexity index is 674. The van der Waals surface area contributed by atoms with E-state index in [-0.39, 0.29) is 5.82 Å². The fraction of sp³-hybridized carbons (Fsp3) is 0.133. The Kier molecular flexibility index (Phi) is 2.40. The predicted molar refractivity (Wildman–Crippen MR) is 68.9 cm³/mol. The monoisotopic (exact) mass is 241 g/mol. The molecule has 2 aromatic carbocycles. The number of benzene rings is 2. The van der Waals surface area contributed by atoms with E-state index >= 15 is 0 Å². The first-order chi connectivity index (χ1) is 8.65. The normalized spacial score (nSPS) is 11.1. The number of fused-ring (bicyclic) bond motifs is 1. The molecule has 0 unspecified atom stereocenters. The molecule has 3 heteroatoms. The van der Waals surface area contributed by atoms with E-state index in [4.69, 9.17) is 4.42 Å². The lowest BCUT2D eigenvalue weighted by Crippen LogP contribution is -1.80. The van der Waals surface area contributed by atoms with Crippen molar-refractivity contribution in [1.29, 1.82) is 0 Å². The van der Waals surface area contributed by atoms with Gasteiger partial charge in [-0.2, -0.15) is 0 Å². The molecule has 0 aliphatic carbocycles. The summed E-state index contributed by atoms with van der Waals surface area (Å²) in [5, 5.41) is 0. The van der Waals surface area contributed by atoms with Gasteiger partial charge in [0, 0.05) is 5.56 Å². The van der Waals surface area contributed by atoms with E-state index in [1.165, 1.54) is 12.1 Å². The number of halogens is 1. The number of rotatable bonds is 1. The van der Waals surface area contributed by atoms with Crippen LogP contribution in [0, 0.1) is 19.7 Å². The number of hydrogen-bond donors (Lipinski definition) is 0. The van der Waals surface area contributed by atoms with Crippen LogP contribution < -0.4 is 0 Å². The maximum absolute atomic E-state index is 12.9. The summed E-state index contributed by atoms with van der Waals surface area (Å²) >= 11 is 0. The van der Waals surface area contributed by atoms with Crippen LogP contribution in [0.25, 0.3) is 22.6 Å². The van der Waals surface area contributed by atoms with Crippen molar-refractivity contribution in [3.63, 3.8) is 0 Å². The van der Waals surface area contributed by atoms with Crippen molar-refractivity contribution >= 4 is 11.1 Å². The van der Waals surface area contributed by atoms with Crippen molar-refractivity contribution in [2.24, 2.45) is 0 Å². The van der Waals surface area contributed by atoms with E-state index in [2.05, 4.69) is 4.98 Å². The van der Waals surface area contributed by atoms with Crippen LogP contribution in [0.4, 0.5) is 4.39 Å². The van der Waals surface area contributed by atoms with Gasteiger partial charge in [-0.15, -0.1) is 0 Å². The molecule has 2 nitrogen and oxygen atoms in total. The van der Waals surface area contributed by atoms with Gasteiger partial charge in [-0.3, -0.25) is 0 Å². The number of oxazole rings is 1. The fourth-order valence-corrected chi connectivity index (χ4v) is 1.98. The summed E-state index contributed by atoms with van der Waals surface area (Å²) in [4.78, 5) is 4.48. The molecule has 0 atom stereocenters. The molecule has 3 aromatic rings. The van der Waals surface area contributed by atoms with Gasteiger partial charge in [0.1, 0.15) is 11.3 Å². The molecule has 0 spiro atoms. The molecule has 1 aromatic heterocycles. The topological polar surface area (TPSA) is 26.0 Å². The third-order valence-corrected chi connectivity index (χ3v) is 3.03. The van der Waals surface area contributed by atoms with Gasteiger partial charge < -0.3 is 4.42 Å². The molecule has 3 rings (SSSR count). The number of nitrogens with zero attached hydrogens (tertiary/aromatic N) is 1. The van der Waals surface area contributed by atoms with Gasteiger partial charge in [0.15, 0.2) is 5.58 Å². The zero-order valence-electron chi connectivity index (χ0n) is 10.2. The lowest BCUT2D eigenvalue weighted by molar-refractivity contribution is 0.614. The zero-order valence-corrected chi connectivity index (χ0v) is 10.2. The molecular formula is C15H12FNO. The summed E-state index contributed by atoms with van der Waals surface area (Å²) in [6, 6.07) is 10.2. The quantitative estimate of drug-likeness (QED) is 0.636.